The molecule has 0 atom stereocenters. The van der Waals surface area contributed by atoms with Gasteiger partial charge in [-0.15, -0.1) is 0 Å². The molecular weight excluding hydrogens is 276 g/mol. The lowest BCUT2D eigenvalue weighted by molar-refractivity contribution is 0.122. The van der Waals surface area contributed by atoms with E-state index in [9.17, 15) is 0 Å². The molecule has 4 N–H and O–H groups in total. The van der Waals surface area contributed by atoms with E-state index in [2.05, 4.69) is 30.9 Å². The molecule has 0 unspecified atom stereocenters. The summed E-state index contributed by atoms with van der Waals surface area (Å²) in [7, 11) is 0. The lowest BCUT2D eigenvalue weighted by Gasteiger charge is -2.27. The second-order valence-corrected chi connectivity index (χ2v) is 4.37. The maximum Gasteiger partial charge on any atom is 0.243 e. The number of anilines is 3. The van der Waals surface area contributed by atoms with Crippen LogP contribution >= 0.6 is 0 Å². The first kappa shape index (κ1) is 13.5. The minimum atomic E-state index is 0.300. The van der Waals surface area contributed by atoms with Crippen molar-refractivity contribution in [2.45, 2.75) is 6.54 Å². The standard InChI is InChI=1S/C11H16N8O2/c12-17-10-14-9(13-7-8-1-4-21-18-8)15-11(16-10)19-2-5-20-6-3-19/h1,4H,2-3,5-7,12H2,(H2,13,14,15,16,17). The first-order valence-corrected chi connectivity index (χ1v) is 6.53. The van der Waals surface area contributed by atoms with E-state index >= 15 is 0 Å². The number of hydrogen-bond donors (Lipinski definition) is 3. The molecule has 2 aromatic rings. The molecule has 10 heteroatoms. The Morgan fingerprint density at radius 2 is 2.00 bits per heavy atom. The van der Waals surface area contributed by atoms with Crippen molar-refractivity contribution >= 4 is 17.8 Å². The predicted octanol–water partition coefficient (Wildman–Crippen LogP) is -0.406. The number of rotatable bonds is 5. The summed E-state index contributed by atoms with van der Waals surface area (Å²) in [4.78, 5) is 14.8. The van der Waals surface area contributed by atoms with Gasteiger partial charge in [-0.2, -0.15) is 15.0 Å². The van der Waals surface area contributed by atoms with E-state index in [0.717, 1.165) is 18.8 Å². The van der Waals surface area contributed by atoms with Gasteiger partial charge >= 0.3 is 0 Å². The van der Waals surface area contributed by atoms with Gasteiger partial charge in [0.05, 0.1) is 19.8 Å². The molecule has 0 radical (unpaired) electrons. The molecule has 0 amide bonds. The summed E-state index contributed by atoms with van der Waals surface area (Å²) in [5.41, 5.74) is 3.20. The van der Waals surface area contributed by atoms with Gasteiger partial charge in [-0.05, 0) is 0 Å². The molecule has 2 aromatic heterocycles. The van der Waals surface area contributed by atoms with Crippen LogP contribution in [0.1, 0.15) is 5.69 Å². The minimum absolute atomic E-state index is 0.300. The Morgan fingerprint density at radius 1 is 1.19 bits per heavy atom. The molecule has 21 heavy (non-hydrogen) atoms. The van der Waals surface area contributed by atoms with E-state index < -0.39 is 0 Å². The molecule has 0 aromatic carbocycles. The first-order chi connectivity index (χ1) is 10.3. The van der Waals surface area contributed by atoms with E-state index in [-0.39, 0.29) is 0 Å². The molecule has 1 fully saturated rings. The molecule has 1 aliphatic rings. The van der Waals surface area contributed by atoms with E-state index in [1.807, 2.05) is 4.90 Å². The zero-order valence-electron chi connectivity index (χ0n) is 11.3. The lowest BCUT2D eigenvalue weighted by Crippen LogP contribution is -2.37. The summed E-state index contributed by atoms with van der Waals surface area (Å²) in [6.45, 7) is 3.22. The van der Waals surface area contributed by atoms with Crippen LogP contribution in [0.25, 0.3) is 0 Å². The Balaban J connectivity index is 1.75. The van der Waals surface area contributed by atoms with Crippen LogP contribution in [0.2, 0.25) is 0 Å². The first-order valence-electron chi connectivity index (χ1n) is 6.53. The smallest absolute Gasteiger partial charge is 0.243 e. The molecule has 0 spiro atoms. The van der Waals surface area contributed by atoms with Gasteiger partial charge in [0.1, 0.15) is 12.0 Å². The SMILES string of the molecule is NNc1nc(NCc2ccon2)nc(N2CCOCC2)n1. The number of ether oxygens (including phenoxy) is 1. The van der Waals surface area contributed by atoms with Crippen LogP contribution in [-0.4, -0.2) is 46.4 Å². The highest BCUT2D eigenvalue weighted by atomic mass is 16.5. The summed E-state index contributed by atoms with van der Waals surface area (Å²) in [6, 6.07) is 1.76. The van der Waals surface area contributed by atoms with Crippen LogP contribution in [0.3, 0.4) is 0 Å². The van der Waals surface area contributed by atoms with Crippen molar-refractivity contribution in [3.05, 3.63) is 18.0 Å². The fourth-order valence-electron chi connectivity index (χ4n) is 1.91. The highest BCUT2D eigenvalue weighted by molar-refractivity contribution is 5.43. The molecule has 112 valence electrons. The number of nitrogen functional groups attached to an aromatic ring is 1. The average Bonchev–Trinajstić information content (AvgIpc) is 3.07. The van der Waals surface area contributed by atoms with Gasteiger partial charge in [-0.1, -0.05) is 5.16 Å². The van der Waals surface area contributed by atoms with E-state index in [0.29, 0.717) is 37.6 Å². The van der Waals surface area contributed by atoms with Crippen molar-refractivity contribution in [3.8, 4) is 0 Å². The van der Waals surface area contributed by atoms with Crippen LogP contribution in [-0.2, 0) is 11.3 Å². The monoisotopic (exact) mass is 292 g/mol. The number of nitrogens with two attached hydrogens (primary N) is 1. The maximum atomic E-state index is 5.41. The van der Waals surface area contributed by atoms with E-state index in [1.165, 1.54) is 6.26 Å². The van der Waals surface area contributed by atoms with E-state index in [4.69, 9.17) is 15.1 Å². The third kappa shape index (κ3) is 3.35. The second kappa shape index (κ2) is 6.33. The van der Waals surface area contributed by atoms with Crippen LogP contribution < -0.4 is 21.5 Å². The van der Waals surface area contributed by atoms with E-state index in [1.54, 1.807) is 6.07 Å². The molecule has 0 aliphatic carbocycles. The number of morpholine rings is 1. The molecule has 10 nitrogen and oxygen atoms in total. The molecule has 0 saturated carbocycles. The Kier molecular flexibility index (Phi) is 4.07. The average molecular weight is 292 g/mol. The number of hydrogen-bond acceptors (Lipinski definition) is 10. The Labute approximate surface area is 120 Å². The summed E-state index contributed by atoms with van der Waals surface area (Å²) in [5, 5.41) is 6.87. The fourth-order valence-corrected chi connectivity index (χ4v) is 1.91. The highest BCUT2D eigenvalue weighted by Crippen LogP contribution is 2.15. The minimum Gasteiger partial charge on any atom is -0.378 e. The molecule has 1 saturated heterocycles. The van der Waals surface area contributed by atoms with Crippen LogP contribution in [0.15, 0.2) is 16.9 Å². The molecule has 3 heterocycles. The molecular formula is C11H16N8O2. The third-order valence-electron chi connectivity index (χ3n) is 2.97. The summed E-state index contributed by atoms with van der Waals surface area (Å²) in [6.07, 6.45) is 1.51. The molecule has 1 aliphatic heterocycles. The summed E-state index contributed by atoms with van der Waals surface area (Å²) < 4.78 is 10.1. The molecule has 0 bridgehead atoms. The van der Waals surface area contributed by atoms with Gasteiger partial charge in [-0.3, -0.25) is 5.43 Å². The topological polar surface area (TPSA) is 127 Å². The quantitative estimate of drug-likeness (QED) is 0.494. The van der Waals surface area contributed by atoms with Crippen molar-refractivity contribution in [1.82, 2.24) is 20.1 Å². The Hall–Kier alpha value is -2.46. The fraction of sp³-hybridized carbons (Fsp3) is 0.455. The van der Waals surface area contributed by atoms with Crippen molar-refractivity contribution in [2.24, 2.45) is 5.84 Å². The predicted molar refractivity (Wildman–Crippen MR) is 74.5 cm³/mol. The van der Waals surface area contributed by atoms with Gasteiger partial charge < -0.3 is 19.5 Å². The van der Waals surface area contributed by atoms with Gasteiger partial charge in [0.25, 0.3) is 0 Å². The zero-order chi connectivity index (χ0) is 14.5. The van der Waals surface area contributed by atoms with Crippen molar-refractivity contribution in [2.75, 3.05) is 41.9 Å². The van der Waals surface area contributed by atoms with Crippen LogP contribution in [0.5, 0.6) is 0 Å². The number of nitrogens with zero attached hydrogens (tertiary/aromatic N) is 5. The lowest BCUT2D eigenvalue weighted by atomic mass is 10.4. The number of hydrazine groups is 1. The van der Waals surface area contributed by atoms with Crippen molar-refractivity contribution in [1.29, 1.82) is 0 Å². The Bertz CT molecular complexity index is 570. The second-order valence-electron chi connectivity index (χ2n) is 4.37. The highest BCUT2D eigenvalue weighted by Gasteiger charge is 2.16. The van der Waals surface area contributed by atoms with Gasteiger partial charge in [0.15, 0.2) is 0 Å². The maximum absolute atomic E-state index is 5.41. The van der Waals surface area contributed by atoms with Gasteiger partial charge in [0, 0.05) is 19.2 Å². The van der Waals surface area contributed by atoms with Gasteiger partial charge in [-0.25, -0.2) is 5.84 Å². The zero-order valence-corrected chi connectivity index (χ0v) is 11.3. The van der Waals surface area contributed by atoms with Crippen LogP contribution in [0, 0.1) is 0 Å². The largest absolute Gasteiger partial charge is 0.378 e. The summed E-state index contributed by atoms with van der Waals surface area (Å²) >= 11 is 0. The Morgan fingerprint density at radius 3 is 2.71 bits per heavy atom. The van der Waals surface area contributed by atoms with Gasteiger partial charge in [0.2, 0.25) is 17.8 Å². The normalized spacial score (nSPS) is 15.0. The number of nitrogens with one attached hydrogen (secondary N) is 2. The molecule has 3 rings (SSSR count). The number of aromatic nitrogens is 4. The summed E-state index contributed by atoms with van der Waals surface area (Å²) in [5.74, 6) is 6.69. The van der Waals surface area contributed by atoms with Crippen LogP contribution in [0.4, 0.5) is 17.8 Å². The third-order valence-corrected chi connectivity index (χ3v) is 2.97. The van der Waals surface area contributed by atoms with Crippen molar-refractivity contribution in [3.63, 3.8) is 0 Å². The van der Waals surface area contributed by atoms with Crippen molar-refractivity contribution < 1.29 is 9.26 Å².